The van der Waals surface area contributed by atoms with E-state index in [0.29, 0.717) is 6.42 Å². The largest absolute Gasteiger partial charge is 0.507 e. The van der Waals surface area contributed by atoms with E-state index in [4.69, 9.17) is 0 Å². The van der Waals surface area contributed by atoms with Crippen LogP contribution in [-0.4, -0.2) is 23.2 Å². The number of carbonyl (C=O) groups is 1. The maximum absolute atomic E-state index is 13.3. The number of thioether (sulfide) groups is 1. The normalized spacial score (nSPS) is 12.2. The van der Waals surface area contributed by atoms with Gasteiger partial charge in [0.15, 0.2) is 0 Å². The number of phenolic OH excluding ortho intramolecular Hbond substituents is 1. The predicted octanol–water partition coefficient (Wildman–Crippen LogP) is 8.90. The van der Waals surface area contributed by atoms with E-state index in [9.17, 15) is 18.7 Å². The van der Waals surface area contributed by atoms with E-state index in [1.807, 2.05) is 57.2 Å². The first-order chi connectivity index (χ1) is 16.8. The third-order valence-corrected chi connectivity index (χ3v) is 7.85. The van der Waals surface area contributed by atoms with Gasteiger partial charge in [0.1, 0.15) is 11.0 Å². The number of rotatable bonds is 16. The molecule has 0 radical (unpaired) electrons. The summed E-state index contributed by atoms with van der Waals surface area (Å²) in [5, 5.41) is 13.0. The zero-order chi connectivity index (χ0) is 25.6. The molecule has 35 heavy (non-hydrogen) atoms. The number of unbranched alkanes of at least 4 members (excludes halogenated alkanes) is 8. The first kappa shape index (κ1) is 29.2. The number of hydrogen-bond donors (Lipinski definition) is 2. The number of alkyl halides is 2. The molecule has 2 aromatic rings. The summed E-state index contributed by atoms with van der Waals surface area (Å²) in [6.07, 6.45) is 7.32. The lowest BCUT2D eigenvalue weighted by molar-refractivity contribution is -0.115. The topological polar surface area (TPSA) is 49.3 Å². The second-order valence-electron chi connectivity index (χ2n) is 9.35. The number of carbonyl (C=O) groups excluding carboxylic acids is 1. The van der Waals surface area contributed by atoms with Gasteiger partial charge < -0.3 is 10.4 Å². The summed E-state index contributed by atoms with van der Waals surface area (Å²) in [5.74, 6) is 1.15. The van der Waals surface area contributed by atoms with Gasteiger partial charge in [0.2, 0.25) is 12.3 Å². The minimum Gasteiger partial charge on any atom is -0.507 e. The Kier molecular flexibility index (Phi) is 13.2. The number of halogens is 2. The van der Waals surface area contributed by atoms with Gasteiger partial charge in [-0.2, -0.15) is 0 Å². The van der Waals surface area contributed by atoms with Crippen LogP contribution < -0.4 is 5.32 Å². The van der Waals surface area contributed by atoms with E-state index in [0.717, 1.165) is 65.8 Å². The minimum absolute atomic E-state index is 0.0352. The Hall–Kier alpha value is -2.08. The van der Waals surface area contributed by atoms with Gasteiger partial charge in [-0.1, -0.05) is 75.3 Å². The summed E-state index contributed by atoms with van der Waals surface area (Å²) >= 11 is 1.68. The number of anilines is 1. The van der Waals surface area contributed by atoms with E-state index < -0.39 is 6.43 Å². The molecule has 0 saturated carbocycles. The van der Waals surface area contributed by atoms with Gasteiger partial charge in [-0.3, -0.25) is 4.79 Å². The average molecular weight is 506 g/mol. The fourth-order valence-corrected chi connectivity index (χ4v) is 5.35. The molecule has 2 rings (SSSR count). The summed E-state index contributed by atoms with van der Waals surface area (Å²) in [6, 6.07) is 11.7. The lowest BCUT2D eigenvalue weighted by Crippen LogP contribution is -2.20. The fraction of sp³-hybridized carbons (Fsp3) is 0.552. The molecule has 0 spiro atoms. The highest BCUT2D eigenvalue weighted by molar-refractivity contribution is 8.00. The first-order valence-electron chi connectivity index (χ1n) is 12.9. The zero-order valence-electron chi connectivity index (χ0n) is 21.4. The van der Waals surface area contributed by atoms with Crippen LogP contribution in [0.15, 0.2) is 36.4 Å². The number of phenols is 1. The van der Waals surface area contributed by atoms with Gasteiger partial charge in [0, 0.05) is 12.1 Å². The first-order valence-corrected chi connectivity index (χ1v) is 13.9. The molecule has 0 aliphatic rings. The van der Waals surface area contributed by atoms with Gasteiger partial charge in [-0.05, 0) is 67.7 Å². The highest BCUT2D eigenvalue weighted by Gasteiger charge is 2.22. The SMILES string of the molecule is Cc1cc(NC(=O)C(SCCCCCCCCCCCC(F)F)c2ccccc2)c(C)c(C)c1O. The van der Waals surface area contributed by atoms with Gasteiger partial charge in [0.25, 0.3) is 0 Å². The lowest BCUT2D eigenvalue weighted by atomic mass is 10.0. The summed E-state index contributed by atoms with van der Waals surface area (Å²) in [6.45, 7) is 5.62. The van der Waals surface area contributed by atoms with Gasteiger partial charge in [0.05, 0.1) is 0 Å². The third-order valence-electron chi connectivity index (χ3n) is 6.51. The van der Waals surface area contributed by atoms with Crippen LogP contribution >= 0.6 is 11.8 Å². The molecule has 0 heterocycles. The van der Waals surface area contributed by atoms with Crippen molar-refractivity contribution in [3.05, 3.63) is 58.7 Å². The molecule has 0 bridgehead atoms. The van der Waals surface area contributed by atoms with Crippen molar-refractivity contribution < 1.29 is 18.7 Å². The van der Waals surface area contributed by atoms with Crippen LogP contribution in [0.25, 0.3) is 0 Å². The number of amides is 1. The Morgan fingerprint density at radius 2 is 1.46 bits per heavy atom. The molecule has 2 aromatic carbocycles. The average Bonchev–Trinajstić information content (AvgIpc) is 2.84. The van der Waals surface area contributed by atoms with E-state index in [1.165, 1.54) is 19.3 Å². The molecular weight excluding hydrogens is 464 g/mol. The Bertz CT molecular complexity index is 905. The van der Waals surface area contributed by atoms with Gasteiger partial charge >= 0.3 is 0 Å². The van der Waals surface area contributed by atoms with Crippen LogP contribution in [0.5, 0.6) is 5.75 Å². The summed E-state index contributed by atoms with van der Waals surface area (Å²) < 4.78 is 24.3. The van der Waals surface area contributed by atoms with Crippen LogP contribution in [0.3, 0.4) is 0 Å². The standard InChI is InChI=1S/C29H41F2NO2S/c1-21-20-25(22(2)23(3)27(21)33)32-29(34)28(24-16-12-11-13-17-24)35-19-15-10-8-6-4-5-7-9-14-18-26(30)31/h11-13,16-17,20,26,28,33H,4-10,14-15,18-19H2,1-3H3,(H,32,34). The van der Waals surface area contributed by atoms with Crippen LogP contribution in [0, 0.1) is 20.8 Å². The highest BCUT2D eigenvalue weighted by atomic mass is 32.2. The van der Waals surface area contributed by atoms with Crippen LogP contribution in [0.1, 0.15) is 91.7 Å². The van der Waals surface area contributed by atoms with E-state index >= 15 is 0 Å². The molecular formula is C29H41F2NO2S. The number of benzene rings is 2. The molecule has 0 fully saturated rings. The van der Waals surface area contributed by atoms with Gasteiger partial charge in [-0.25, -0.2) is 8.78 Å². The van der Waals surface area contributed by atoms with Crippen molar-refractivity contribution in [2.24, 2.45) is 0 Å². The van der Waals surface area contributed by atoms with Crippen molar-refractivity contribution in [3.8, 4) is 5.75 Å². The van der Waals surface area contributed by atoms with Crippen molar-refractivity contribution in [1.29, 1.82) is 0 Å². The van der Waals surface area contributed by atoms with Crippen molar-refractivity contribution in [3.63, 3.8) is 0 Å². The second kappa shape index (κ2) is 15.8. The molecule has 0 aliphatic carbocycles. The van der Waals surface area contributed by atoms with Crippen molar-refractivity contribution in [2.75, 3.05) is 11.1 Å². The molecule has 1 unspecified atom stereocenters. The van der Waals surface area contributed by atoms with Crippen molar-refractivity contribution in [2.45, 2.75) is 96.7 Å². The molecule has 1 atom stereocenters. The monoisotopic (exact) mass is 505 g/mol. The summed E-state index contributed by atoms with van der Waals surface area (Å²) in [7, 11) is 0. The smallest absolute Gasteiger partial charge is 0.242 e. The molecule has 0 saturated heterocycles. The Labute approximate surface area is 214 Å². The summed E-state index contributed by atoms with van der Waals surface area (Å²) in [4.78, 5) is 13.3. The zero-order valence-corrected chi connectivity index (χ0v) is 22.2. The molecule has 3 nitrogen and oxygen atoms in total. The Morgan fingerprint density at radius 3 is 2.06 bits per heavy atom. The molecule has 0 aromatic heterocycles. The highest BCUT2D eigenvalue weighted by Crippen LogP contribution is 2.34. The maximum atomic E-state index is 13.3. The maximum Gasteiger partial charge on any atom is 0.242 e. The van der Waals surface area contributed by atoms with E-state index in [2.05, 4.69) is 5.32 Å². The second-order valence-corrected chi connectivity index (χ2v) is 10.6. The Balaban J connectivity index is 1.78. The van der Waals surface area contributed by atoms with Crippen molar-refractivity contribution >= 4 is 23.4 Å². The van der Waals surface area contributed by atoms with Crippen LogP contribution in [0.2, 0.25) is 0 Å². The van der Waals surface area contributed by atoms with Crippen LogP contribution in [-0.2, 0) is 4.79 Å². The Morgan fingerprint density at radius 1 is 0.886 bits per heavy atom. The minimum atomic E-state index is -2.16. The van der Waals surface area contributed by atoms with Crippen molar-refractivity contribution in [1.82, 2.24) is 0 Å². The number of aromatic hydroxyl groups is 1. The number of hydrogen-bond acceptors (Lipinski definition) is 3. The summed E-state index contributed by atoms with van der Waals surface area (Å²) in [5.41, 5.74) is 4.16. The number of nitrogens with one attached hydrogen (secondary N) is 1. The lowest BCUT2D eigenvalue weighted by Gasteiger charge is -2.19. The quantitative estimate of drug-likeness (QED) is 0.177. The van der Waals surface area contributed by atoms with E-state index in [-0.39, 0.29) is 23.3 Å². The molecule has 194 valence electrons. The van der Waals surface area contributed by atoms with Crippen LogP contribution in [0.4, 0.5) is 14.5 Å². The van der Waals surface area contributed by atoms with E-state index in [1.54, 1.807) is 11.8 Å². The molecule has 2 N–H and O–H groups in total. The predicted molar refractivity (Wildman–Crippen MR) is 145 cm³/mol. The molecule has 1 amide bonds. The fourth-order valence-electron chi connectivity index (χ4n) is 4.19. The third kappa shape index (κ3) is 10.2. The van der Waals surface area contributed by atoms with Gasteiger partial charge in [-0.15, -0.1) is 11.8 Å². The molecule has 6 heteroatoms. The number of aryl methyl sites for hydroxylation is 1. The molecule has 0 aliphatic heterocycles.